The van der Waals surface area contributed by atoms with E-state index in [4.69, 9.17) is 5.11 Å². The molecule has 1 amide bonds. The summed E-state index contributed by atoms with van der Waals surface area (Å²) in [4.78, 5) is 14.9. The van der Waals surface area contributed by atoms with Gasteiger partial charge in [-0.1, -0.05) is 0 Å². The molecule has 6 heteroatoms. The molecule has 2 N–H and O–H groups in total. The Balaban J connectivity index is 2.24. The molecule has 0 bridgehead atoms. The average molecular weight is 258 g/mol. The summed E-state index contributed by atoms with van der Waals surface area (Å²) >= 11 is 1.64. The Hall–Kier alpha value is -1.14. The molecule has 17 heavy (non-hydrogen) atoms. The number of aromatic nitrogens is 1. The monoisotopic (exact) mass is 258 g/mol. The van der Waals surface area contributed by atoms with E-state index in [0.717, 1.165) is 17.9 Å². The van der Waals surface area contributed by atoms with Crippen LogP contribution in [0.15, 0.2) is 18.3 Å². The fourth-order valence-electron chi connectivity index (χ4n) is 1.16. The van der Waals surface area contributed by atoms with E-state index in [0.29, 0.717) is 6.54 Å². The van der Waals surface area contributed by atoms with Crippen LogP contribution in [0.1, 0.15) is 16.8 Å². The van der Waals surface area contributed by atoms with Gasteiger partial charge in [0.2, 0.25) is 5.95 Å². The van der Waals surface area contributed by atoms with Gasteiger partial charge in [-0.2, -0.15) is 16.2 Å². The van der Waals surface area contributed by atoms with Gasteiger partial charge in [0.1, 0.15) is 0 Å². The first-order chi connectivity index (χ1) is 8.25. The van der Waals surface area contributed by atoms with Gasteiger partial charge in [-0.25, -0.2) is 4.98 Å². The highest BCUT2D eigenvalue weighted by Crippen LogP contribution is 2.03. The van der Waals surface area contributed by atoms with E-state index < -0.39 is 11.9 Å². The van der Waals surface area contributed by atoms with Gasteiger partial charge in [0.25, 0.3) is 5.91 Å². The number of nitrogens with zero attached hydrogens (tertiary/aromatic N) is 1. The maximum atomic E-state index is 13.1. The van der Waals surface area contributed by atoms with Crippen molar-refractivity contribution in [2.45, 2.75) is 6.42 Å². The topological polar surface area (TPSA) is 62.2 Å². The summed E-state index contributed by atoms with van der Waals surface area (Å²) in [5.74, 6) is 0.401. The second-order valence-electron chi connectivity index (χ2n) is 3.29. The number of aliphatic hydroxyl groups is 1. The number of pyridine rings is 1. The van der Waals surface area contributed by atoms with E-state index in [1.165, 1.54) is 18.3 Å². The summed E-state index contributed by atoms with van der Waals surface area (Å²) in [7, 11) is 0. The molecule has 94 valence electrons. The normalized spacial score (nSPS) is 10.2. The highest BCUT2D eigenvalue weighted by Gasteiger charge is 2.10. The standard InChI is InChI=1S/C11H15FN2O2S/c12-10-9(3-1-4-13-10)11(16)14-5-8-17-7-2-6-15/h1,3-4,15H,2,5-8H2,(H,14,16). The third-order valence-electron chi connectivity index (χ3n) is 1.98. The molecule has 0 spiro atoms. The van der Waals surface area contributed by atoms with Crippen molar-refractivity contribution in [2.24, 2.45) is 0 Å². The lowest BCUT2D eigenvalue weighted by molar-refractivity contribution is 0.0951. The Morgan fingerprint density at radius 2 is 2.35 bits per heavy atom. The lowest BCUT2D eigenvalue weighted by atomic mass is 10.2. The Morgan fingerprint density at radius 3 is 3.06 bits per heavy atom. The van der Waals surface area contributed by atoms with Gasteiger partial charge in [0.15, 0.2) is 0 Å². The van der Waals surface area contributed by atoms with Crippen LogP contribution in [0.2, 0.25) is 0 Å². The molecular weight excluding hydrogens is 243 g/mol. The molecule has 0 radical (unpaired) electrons. The minimum atomic E-state index is -0.752. The van der Waals surface area contributed by atoms with E-state index in [1.807, 2.05) is 0 Å². The van der Waals surface area contributed by atoms with Gasteiger partial charge < -0.3 is 10.4 Å². The number of hydrogen-bond acceptors (Lipinski definition) is 4. The highest BCUT2D eigenvalue weighted by atomic mass is 32.2. The van der Waals surface area contributed by atoms with E-state index in [9.17, 15) is 9.18 Å². The molecule has 0 aliphatic heterocycles. The number of carbonyl (C=O) groups excluding carboxylic acids is 1. The van der Waals surface area contributed by atoms with Crippen molar-refractivity contribution in [2.75, 3.05) is 24.7 Å². The molecule has 1 heterocycles. The van der Waals surface area contributed by atoms with Gasteiger partial charge in [-0.15, -0.1) is 0 Å². The van der Waals surface area contributed by atoms with Crippen LogP contribution in [0, 0.1) is 5.95 Å². The number of aliphatic hydroxyl groups excluding tert-OH is 1. The smallest absolute Gasteiger partial charge is 0.255 e. The number of amides is 1. The Kier molecular flexibility index (Phi) is 6.57. The quantitative estimate of drug-likeness (QED) is 0.567. The first-order valence-electron chi connectivity index (χ1n) is 5.33. The second-order valence-corrected chi connectivity index (χ2v) is 4.51. The third kappa shape index (κ3) is 5.14. The van der Waals surface area contributed by atoms with E-state index in [-0.39, 0.29) is 12.2 Å². The lowest BCUT2D eigenvalue weighted by Crippen LogP contribution is -2.26. The molecule has 1 aromatic heterocycles. The molecule has 0 saturated carbocycles. The molecular formula is C11H15FN2O2S. The van der Waals surface area contributed by atoms with Crippen molar-refractivity contribution in [1.29, 1.82) is 0 Å². The SMILES string of the molecule is O=C(NCCSCCCO)c1cccnc1F. The van der Waals surface area contributed by atoms with Gasteiger partial charge in [-0.05, 0) is 24.3 Å². The largest absolute Gasteiger partial charge is 0.396 e. The molecule has 1 rings (SSSR count). The zero-order valence-corrected chi connectivity index (χ0v) is 10.2. The number of rotatable bonds is 7. The van der Waals surface area contributed by atoms with Crippen LogP contribution < -0.4 is 5.32 Å². The number of nitrogens with one attached hydrogen (secondary N) is 1. The van der Waals surface area contributed by atoms with Crippen LogP contribution in [0.5, 0.6) is 0 Å². The molecule has 0 aliphatic rings. The first kappa shape index (κ1) is 13.9. The molecule has 0 fully saturated rings. The molecule has 0 unspecified atom stereocenters. The van der Waals surface area contributed by atoms with Gasteiger partial charge in [0.05, 0.1) is 5.56 Å². The Labute approximate surface area is 104 Å². The van der Waals surface area contributed by atoms with Crippen molar-refractivity contribution >= 4 is 17.7 Å². The zero-order valence-electron chi connectivity index (χ0n) is 9.36. The molecule has 0 saturated heterocycles. The summed E-state index contributed by atoms with van der Waals surface area (Å²) in [6.45, 7) is 0.656. The van der Waals surface area contributed by atoms with Crippen molar-refractivity contribution in [3.05, 3.63) is 29.8 Å². The first-order valence-corrected chi connectivity index (χ1v) is 6.48. The van der Waals surface area contributed by atoms with Crippen LogP contribution in [0.4, 0.5) is 4.39 Å². The summed E-state index contributed by atoms with van der Waals surface area (Å²) in [6.07, 6.45) is 2.05. The summed E-state index contributed by atoms with van der Waals surface area (Å²) in [6, 6.07) is 2.92. The predicted molar refractivity (Wildman–Crippen MR) is 65.6 cm³/mol. The number of thioether (sulfide) groups is 1. The predicted octanol–water partition coefficient (Wildman–Crippen LogP) is 1.07. The number of carbonyl (C=O) groups is 1. The average Bonchev–Trinajstić information content (AvgIpc) is 2.34. The van der Waals surface area contributed by atoms with Crippen LogP contribution in [-0.4, -0.2) is 40.7 Å². The van der Waals surface area contributed by atoms with E-state index in [1.54, 1.807) is 11.8 Å². The van der Waals surface area contributed by atoms with Crippen LogP contribution >= 0.6 is 11.8 Å². The highest BCUT2D eigenvalue weighted by molar-refractivity contribution is 7.99. The minimum absolute atomic E-state index is 0.0344. The van der Waals surface area contributed by atoms with Crippen molar-refractivity contribution in [3.8, 4) is 0 Å². The van der Waals surface area contributed by atoms with Gasteiger partial charge >= 0.3 is 0 Å². The van der Waals surface area contributed by atoms with Crippen molar-refractivity contribution in [1.82, 2.24) is 10.3 Å². The molecule has 0 aliphatic carbocycles. The molecule has 4 nitrogen and oxygen atoms in total. The third-order valence-corrected chi connectivity index (χ3v) is 3.05. The molecule has 0 atom stereocenters. The maximum absolute atomic E-state index is 13.1. The lowest BCUT2D eigenvalue weighted by Gasteiger charge is -2.05. The number of halogens is 1. The van der Waals surface area contributed by atoms with Crippen LogP contribution in [-0.2, 0) is 0 Å². The van der Waals surface area contributed by atoms with Gasteiger partial charge in [-0.3, -0.25) is 4.79 Å². The van der Waals surface area contributed by atoms with Crippen LogP contribution in [0.3, 0.4) is 0 Å². The summed E-state index contributed by atoms with van der Waals surface area (Å²) < 4.78 is 13.1. The number of hydrogen-bond donors (Lipinski definition) is 2. The van der Waals surface area contributed by atoms with Crippen molar-refractivity contribution < 1.29 is 14.3 Å². The van der Waals surface area contributed by atoms with Gasteiger partial charge in [0, 0.05) is 25.1 Å². The van der Waals surface area contributed by atoms with E-state index in [2.05, 4.69) is 10.3 Å². The van der Waals surface area contributed by atoms with E-state index >= 15 is 0 Å². The summed E-state index contributed by atoms with van der Waals surface area (Å²) in [5.41, 5.74) is -0.0344. The fraction of sp³-hybridized carbons (Fsp3) is 0.455. The fourth-order valence-corrected chi connectivity index (χ4v) is 1.94. The van der Waals surface area contributed by atoms with Crippen molar-refractivity contribution in [3.63, 3.8) is 0 Å². The molecule has 1 aromatic rings. The maximum Gasteiger partial charge on any atom is 0.255 e. The molecule has 0 aromatic carbocycles. The Morgan fingerprint density at radius 1 is 1.53 bits per heavy atom. The minimum Gasteiger partial charge on any atom is -0.396 e. The second kappa shape index (κ2) is 8.03. The van der Waals surface area contributed by atoms with Crippen LogP contribution in [0.25, 0.3) is 0 Å². The zero-order chi connectivity index (χ0) is 12.5. The summed E-state index contributed by atoms with van der Waals surface area (Å²) in [5, 5.41) is 11.2. The Bertz CT molecular complexity index is 363.